The smallest absolute Gasteiger partial charge is 0.308 e. The molecule has 8 aromatic rings. The zero-order valence-corrected chi connectivity index (χ0v) is 64.2. The molecule has 0 bridgehead atoms. The summed E-state index contributed by atoms with van der Waals surface area (Å²) in [5, 5.41) is 21.5. The molecule has 0 aliphatic heterocycles. The first-order chi connectivity index (χ1) is 52.1. The van der Waals surface area contributed by atoms with Gasteiger partial charge in [0.25, 0.3) is 0 Å². The Morgan fingerprint density at radius 3 is 1.18 bits per heavy atom. The second kappa shape index (κ2) is 40.5. The van der Waals surface area contributed by atoms with Gasteiger partial charge in [0.05, 0.1) is 57.9 Å². The molecule has 2 aliphatic rings. The lowest BCUT2D eigenvalue weighted by Gasteiger charge is -2.19. The normalized spacial score (nSPS) is 13.1. The average Bonchev–Trinajstić information content (AvgIpc) is 1.60. The Balaban J connectivity index is 0.000000233. The van der Waals surface area contributed by atoms with Gasteiger partial charge in [-0.15, -0.1) is 0 Å². The maximum absolute atomic E-state index is 15.3. The maximum atomic E-state index is 15.3. The number of phenols is 1. The van der Waals surface area contributed by atoms with Crippen LogP contribution in [0.2, 0.25) is 0 Å². The fourth-order valence-corrected chi connectivity index (χ4v) is 10.7. The molecule has 4 amide bonds. The van der Waals surface area contributed by atoms with Crippen molar-refractivity contribution >= 4 is 103 Å². The van der Waals surface area contributed by atoms with Crippen molar-refractivity contribution in [3.63, 3.8) is 0 Å². The Morgan fingerprint density at radius 2 is 0.798 bits per heavy atom. The number of hydrogen-bond donors (Lipinski definition) is 5. The third-order valence-electron chi connectivity index (χ3n) is 16.3. The van der Waals surface area contributed by atoms with Gasteiger partial charge in [-0.1, -0.05) is 22.6 Å². The molecular weight excluding hydrogens is 1540 g/mol. The van der Waals surface area contributed by atoms with Gasteiger partial charge in [0.2, 0.25) is 23.6 Å². The Bertz CT molecular complexity index is 4400. The summed E-state index contributed by atoms with van der Waals surface area (Å²) in [5.74, 6) is -3.59. The molecule has 6 aromatic carbocycles. The first-order valence-electron chi connectivity index (χ1n) is 35.4. The van der Waals surface area contributed by atoms with Crippen molar-refractivity contribution in [2.75, 3.05) is 99.4 Å². The number of alkyl halides is 1. The number of nitrogens with one attached hydrogen (secondary N) is 4. The molecule has 0 atom stereocenters. The number of nitrogens with zero attached hydrogens (tertiary/aromatic N) is 2. The summed E-state index contributed by atoms with van der Waals surface area (Å²) >= 11 is 2.33. The van der Waals surface area contributed by atoms with Crippen molar-refractivity contribution in [1.82, 2.24) is 9.97 Å². The topological polar surface area (TPSA) is 298 Å². The van der Waals surface area contributed by atoms with Crippen LogP contribution in [0.5, 0.6) is 46.0 Å². The van der Waals surface area contributed by atoms with Crippen LogP contribution in [-0.4, -0.2) is 140 Å². The summed E-state index contributed by atoms with van der Waals surface area (Å²) in [6.07, 6.45) is 8.12. The summed E-state index contributed by atoms with van der Waals surface area (Å²) in [5.41, 5.74) is -1.50. The molecular formula is C80H91F4IN6O18. The van der Waals surface area contributed by atoms with E-state index in [-0.39, 0.29) is 58.5 Å². The Morgan fingerprint density at radius 1 is 0.431 bits per heavy atom. The van der Waals surface area contributed by atoms with Crippen molar-refractivity contribution in [3.8, 4) is 46.0 Å². The maximum Gasteiger partial charge on any atom is 0.308 e. The molecule has 0 unspecified atom stereocenters. The molecule has 2 aliphatic carbocycles. The number of carbonyl (C=O) groups is 6. The zero-order valence-electron chi connectivity index (χ0n) is 62.0. The monoisotopic (exact) mass is 1630 g/mol. The highest BCUT2D eigenvalue weighted by atomic mass is 127. The minimum absolute atomic E-state index is 0.0919. The number of methoxy groups -OCH3 is 2. The van der Waals surface area contributed by atoms with E-state index < -0.39 is 68.9 Å². The van der Waals surface area contributed by atoms with E-state index in [2.05, 4.69) is 53.8 Å². The van der Waals surface area contributed by atoms with E-state index in [0.717, 1.165) is 42.6 Å². The number of hydrogen-bond acceptors (Lipinski definition) is 20. The lowest BCUT2D eigenvalue weighted by atomic mass is 10.0. The van der Waals surface area contributed by atoms with Crippen molar-refractivity contribution in [3.05, 3.63) is 157 Å². The van der Waals surface area contributed by atoms with Gasteiger partial charge in [-0.25, -0.2) is 17.6 Å². The van der Waals surface area contributed by atoms with Crippen LogP contribution >= 0.6 is 22.6 Å². The summed E-state index contributed by atoms with van der Waals surface area (Å²) in [6.45, 7) is 15.8. The fraction of sp³-hybridized carbons (Fsp3) is 0.400. The van der Waals surface area contributed by atoms with Gasteiger partial charge in [0, 0.05) is 121 Å². The highest BCUT2D eigenvalue weighted by Gasteiger charge is 2.57. The molecule has 0 spiro atoms. The summed E-state index contributed by atoms with van der Waals surface area (Å²) in [6, 6.07) is 27.8. The van der Waals surface area contributed by atoms with Gasteiger partial charge in [-0.2, -0.15) is 0 Å². The number of anilines is 4. The van der Waals surface area contributed by atoms with Gasteiger partial charge in [-0.3, -0.25) is 38.7 Å². The molecule has 584 valence electrons. The molecule has 109 heavy (non-hydrogen) atoms. The van der Waals surface area contributed by atoms with Crippen LogP contribution in [0.25, 0.3) is 21.8 Å². The molecule has 29 heteroatoms. The third-order valence-corrected chi connectivity index (χ3v) is 17.0. The molecule has 10 rings (SSSR count). The minimum atomic E-state index is -1.30. The van der Waals surface area contributed by atoms with Crippen LogP contribution in [0, 0.1) is 34.1 Å². The van der Waals surface area contributed by atoms with E-state index in [0.29, 0.717) is 142 Å². The number of halogens is 5. The number of esters is 2. The Labute approximate surface area is 643 Å². The second-order valence-corrected chi connectivity index (χ2v) is 28.3. The van der Waals surface area contributed by atoms with Crippen LogP contribution in [0.15, 0.2) is 134 Å². The Kier molecular flexibility index (Phi) is 31.4. The molecule has 2 heterocycles. The number of rotatable bonds is 36. The number of ether oxygens (including phenoxy) is 11. The van der Waals surface area contributed by atoms with E-state index in [1.807, 2.05) is 41.5 Å². The number of amides is 4. The van der Waals surface area contributed by atoms with E-state index >= 15 is 4.39 Å². The number of fused-ring (bicyclic) bond motifs is 2. The van der Waals surface area contributed by atoms with Crippen molar-refractivity contribution in [2.45, 2.75) is 117 Å². The van der Waals surface area contributed by atoms with Gasteiger partial charge in [-0.05, 0) is 184 Å². The van der Waals surface area contributed by atoms with Gasteiger partial charge < -0.3 is 78.5 Å². The molecule has 5 N–H and O–H groups in total. The zero-order chi connectivity index (χ0) is 78.7. The quantitative estimate of drug-likeness (QED) is 0.00609. The molecule has 2 aromatic heterocycles. The number of aromatic hydroxyl groups is 1. The SMILES string of the molecule is CC(C)(C)OC(=O)CCOCCCOCCCI.COc1cc2c(Oc3ccc(NC(=O)C4(C(=O)Nc5ccc(F)cc5)CC4)cc3F)ccnc2cc1O.COc1cc2c(Oc3ccc(NC(=O)C4(C(=O)Nc5ccc(F)cc5)CC4)cc3F)ccnc2cc1OCCCOCCCOCCC(=O)OC(C)(C)C. The first-order valence-corrected chi connectivity index (χ1v) is 36.9. The largest absolute Gasteiger partial charge is 0.504 e. The van der Waals surface area contributed by atoms with Crippen LogP contribution in [0.3, 0.4) is 0 Å². The third kappa shape index (κ3) is 26.4. The van der Waals surface area contributed by atoms with Crippen molar-refractivity contribution in [2.24, 2.45) is 10.8 Å². The number of phenolic OH excluding ortho intramolecular Hbond substituents is 1. The number of pyridine rings is 2. The predicted octanol–water partition coefficient (Wildman–Crippen LogP) is 15.9. The highest BCUT2D eigenvalue weighted by molar-refractivity contribution is 14.1. The summed E-state index contributed by atoms with van der Waals surface area (Å²) in [7, 11) is 2.91. The predicted molar refractivity (Wildman–Crippen MR) is 409 cm³/mol. The molecule has 0 radical (unpaired) electrons. The number of benzene rings is 6. The van der Waals surface area contributed by atoms with Crippen molar-refractivity contribution < 1.29 is 104 Å². The van der Waals surface area contributed by atoms with Crippen LogP contribution in [0.1, 0.15) is 106 Å². The molecule has 2 saturated carbocycles. The van der Waals surface area contributed by atoms with E-state index in [1.54, 1.807) is 24.3 Å². The van der Waals surface area contributed by atoms with Gasteiger partial charge >= 0.3 is 11.9 Å². The highest BCUT2D eigenvalue weighted by Crippen LogP contribution is 2.49. The molecule has 0 saturated heterocycles. The number of carbonyl (C=O) groups excluding carboxylic acids is 6. The fourth-order valence-electron chi connectivity index (χ4n) is 10.4. The average molecular weight is 1630 g/mol. The minimum Gasteiger partial charge on any atom is -0.504 e. The lowest BCUT2D eigenvalue weighted by Crippen LogP contribution is -2.35. The van der Waals surface area contributed by atoms with Crippen LogP contribution < -0.4 is 45.0 Å². The molecule has 2 fully saturated rings. The van der Waals surface area contributed by atoms with E-state index in [1.165, 1.54) is 112 Å². The summed E-state index contributed by atoms with van der Waals surface area (Å²) < 4.78 is 118. The van der Waals surface area contributed by atoms with E-state index in [4.69, 9.17) is 52.1 Å². The Hall–Kier alpha value is -9.95. The lowest BCUT2D eigenvalue weighted by molar-refractivity contribution is -0.157. The van der Waals surface area contributed by atoms with Gasteiger partial charge in [0.15, 0.2) is 46.1 Å². The van der Waals surface area contributed by atoms with E-state index in [9.17, 15) is 47.0 Å². The van der Waals surface area contributed by atoms with Gasteiger partial charge in [0.1, 0.15) is 45.2 Å². The second-order valence-electron chi connectivity index (χ2n) is 27.2. The first kappa shape index (κ1) is 84.7. The summed E-state index contributed by atoms with van der Waals surface area (Å²) in [4.78, 5) is 83.2. The van der Waals surface area contributed by atoms with Crippen molar-refractivity contribution in [1.29, 1.82) is 0 Å². The standard InChI is InChI=1S/C40H45F2N3O9.C27H21F2N3O5.C13H25IO4/c1-39(2,3)54-36(46)14-22-51-19-5-18-50-20-6-21-52-35-25-31-29(24-34(35)49-4)32(13-17-43-31)53-33-12-11-28(23-30(33)42)45-38(48)40(15-16-40)37(47)44-27-9-7-26(41)8-10-27;1-36-24-13-18-20(14-21(24)33)30-11-8-22(18)37-23-7-6-17(12-19(23)29)32-26(35)27(9-10-27)25(34)31-16-4-2-15(28)3-5-16;1-13(2,3)18-12(15)6-11-17-10-5-9-16-8-4-7-14/h7-13,17,23-25H,5-6,14-16,18-22H2,1-4H3,(H,44,47)(H,45,48);2-8,11-14,33H,9-10H2,1H3,(H,31,34)(H,32,35);4-11H2,1-3H3. The molecule has 24 nitrogen and oxygen atoms in total. The van der Waals surface area contributed by atoms with Crippen LogP contribution in [0.4, 0.5) is 40.3 Å². The van der Waals surface area contributed by atoms with Crippen LogP contribution in [-0.2, 0) is 57.2 Å². The number of aromatic nitrogens is 2.